The van der Waals surface area contributed by atoms with E-state index in [1.54, 1.807) is 48.5 Å². The summed E-state index contributed by atoms with van der Waals surface area (Å²) in [7, 11) is 1.18. The molecule has 0 aliphatic carbocycles. The van der Waals surface area contributed by atoms with Gasteiger partial charge in [-0.2, -0.15) is 0 Å². The largest absolute Gasteiger partial charge is 0.465 e. The lowest BCUT2D eigenvalue weighted by atomic mass is 10.1. The van der Waals surface area contributed by atoms with Gasteiger partial charge in [-0.3, -0.25) is 19.3 Å². The number of hydrogen-bond donors (Lipinski definition) is 0. The van der Waals surface area contributed by atoms with Gasteiger partial charge < -0.3 is 9.47 Å². The van der Waals surface area contributed by atoms with Gasteiger partial charge in [0, 0.05) is 5.02 Å². The Balaban J connectivity index is 1.59. The summed E-state index contributed by atoms with van der Waals surface area (Å²) in [6.07, 6.45) is 1.39. The third-order valence-electron chi connectivity index (χ3n) is 4.46. The highest BCUT2D eigenvalue weighted by molar-refractivity contribution is 6.30. The van der Waals surface area contributed by atoms with Gasteiger partial charge in [-0.1, -0.05) is 35.9 Å². The molecule has 0 unspecified atom stereocenters. The van der Waals surface area contributed by atoms with Gasteiger partial charge in [0.1, 0.15) is 12.2 Å². The average Bonchev–Trinajstić information content (AvgIpc) is 3.00. The Labute approximate surface area is 177 Å². The number of carbonyl (C=O) groups excluding carboxylic acids is 4. The van der Waals surface area contributed by atoms with E-state index in [-0.39, 0.29) is 18.7 Å². The molecule has 8 heteroatoms. The molecule has 0 atom stereocenters. The first-order valence-electron chi connectivity index (χ1n) is 9.04. The minimum absolute atomic E-state index is 0.00587. The van der Waals surface area contributed by atoms with Gasteiger partial charge in [0.05, 0.1) is 31.4 Å². The zero-order valence-corrected chi connectivity index (χ0v) is 16.8. The monoisotopic (exact) mass is 427 g/mol. The van der Waals surface area contributed by atoms with Crippen LogP contribution in [0.15, 0.2) is 54.1 Å². The number of Topliss-reactive ketones (excluding diaryl/α,β-unsaturated/α-hetero) is 1. The maximum Gasteiger partial charge on any atom is 0.341 e. The van der Waals surface area contributed by atoms with Crippen molar-refractivity contribution < 1.29 is 28.7 Å². The van der Waals surface area contributed by atoms with Crippen molar-refractivity contribution in [1.29, 1.82) is 0 Å². The number of halogens is 1. The summed E-state index contributed by atoms with van der Waals surface area (Å²) in [6, 6.07) is 13.1. The van der Waals surface area contributed by atoms with Gasteiger partial charge >= 0.3 is 5.97 Å². The summed E-state index contributed by atoms with van der Waals surface area (Å²) in [4.78, 5) is 50.1. The van der Waals surface area contributed by atoms with E-state index in [2.05, 4.69) is 4.74 Å². The van der Waals surface area contributed by atoms with Crippen molar-refractivity contribution in [2.45, 2.75) is 0 Å². The van der Waals surface area contributed by atoms with Crippen LogP contribution in [-0.4, -0.2) is 55.3 Å². The smallest absolute Gasteiger partial charge is 0.341 e. The lowest BCUT2D eigenvalue weighted by Crippen LogP contribution is -2.33. The fourth-order valence-corrected chi connectivity index (χ4v) is 3.06. The molecule has 2 amide bonds. The highest BCUT2D eigenvalue weighted by Crippen LogP contribution is 2.22. The first-order valence-corrected chi connectivity index (χ1v) is 9.42. The Kier molecular flexibility index (Phi) is 6.76. The predicted molar refractivity (Wildman–Crippen MR) is 109 cm³/mol. The predicted octanol–water partition coefficient (Wildman–Crippen LogP) is 2.78. The Morgan fingerprint density at radius 1 is 1.00 bits per heavy atom. The van der Waals surface area contributed by atoms with Gasteiger partial charge in [-0.05, 0) is 35.9 Å². The third kappa shape index (κ3) is 4.64. The van der Waals surface area contributed by atoms with E-state index < -0.39 is 30.2 Å². The van der Waals surface area contributed by atoms with Crippen molar-refractivity contribution in [1.82, 2.24) is 4.90 Å². The molecule has 0 bridgehead atoms. The zero-order valence-electron chi connectivity index (χ0n) is 16.1. The van der Waals surface area contributed by atoms with Crippen molar-refractivity contribution in [3.05, 3.63) is 75.8 Å². The number of carbonyl (C=O) groups is 4. The SMILES string of the molecule is COC(=O)/C(=C\c1ccc(Cl)cc1)C(=O)COCCN1C(=O)c2ccccc2C1=O. The fourth-order valence-electron chi connectivity index (χ4n) is 2.93. The Morgan fingerprint density at radius 3 is 2.17 bits per heavy atom. The van der Waals surface area contributed by atoms with Crippen LogP contribution in [0.2, 0.25) is 5.02 Å². The number of ether oxygens (including phenoxy) is 2. The van der Waals surface area contributed by atoms with Crippen molar-refractivity contribution in [2.24, 2.45) is 0 Å². The first-order chi connectivity index (χ1) is 14.4. The Morgan fingerprint density at radius 2 is 1.60 bits per heavy atom. The van der Waals surface area contributed by atoms with Crippen molar-refractivity contribution in [3.8, 4) is 0 Å². The molecule has 2 aromatic rings. The van der Waals surface area contributed by atoms with E-state index in [0.717, 1.165) is 4.90 Å². The fraction of sp³-hybridized carbons (Fsp3) is 0.182. The Hall–Kier alpha value is -3.29. The van der Waals surface area contributed by atoms with Gasteiger partial charge in [0.25, 0.3) is 11.8 Å². The minimum atomic E-state index is -0.793. The highest BCUT2D eigenvalue weighted by Gasteiger charge is 2.34. The molecule has 30 heavy (non-hydrogen) atoms. The number of benzene rings is 2. The number of ketones is 1. The molecule has 0 aromatic heterocycles. The van der Waals surface area contributed by atoms with Crippen molar-refractivity contribution >= 4 is 41.2 Å². The molecule has 0 N–H and O–H groups in total. The molecule has 2 aromatic carbocycles. The van der Waals surface area contributed by atoms with Gasteiger partial charge in [-0.15, -0.1) is 0 Å². The summed E-state index contributed by atoms with van der Waals surface area (Å²) >= 11 is 5.84. The van der Waals surface area contributed by atoms with Crippen molar-refractivity contribution in [3.63, 3.8) is 0 Å². The molecule has 1 heterocycles. The van der Waals surface area contributed by atoms with Crippen LogP contribution in [0.4, 0.5) is 0 Å². The van der Waals surface area contributed by atoms with Crippen LogP contribution >= 0.6 is 11.6 Å². The molecule has 0 spiro atoms. The van der Waals surface area contributed by atoms with Gasteiger partial charge in [-0.25, -0.2) is 4.79 Å². The molecule has 1 aliphatic rings. The molecule has 3 rings (SSSR count). The number of nitrogens with zero attached hydrogens (tertiary/aromatic N) is 1. The highest BCUT2D eigenvalue weighted by atomic mass is 35.5. The van der Waals surface area contributed by atoms with Crippen LogP contribution in [0.5, 0.6) is 0 Å². The van der Waals surface area contributed by atoms with E-state index in [1.165, 1.54) is 13.2 Å². The van der Waals surface area contributed by atoms with E-state index in [4.69, 9.17) is 16.3 Å². The average molecular weight is 428 g/mol. The quantitative estimate of drug-likeness (QED) is 0.161. The molecule has 0 saturated carbocycles. The standard InChI is InChI=1S/C22H18ClNO6/c1-29-22(28)18(12-14-6-8-15(23)9-7-14)19(25)13-30-11-10-24-20(26)16-4-2-3-5-17(16)21(24)27/h2-9,12H,10-11,13H2,1H3/b18-12-. The summed E-state index contributed by atoms with van der Waals surface area (Å²) in [5.74, 6) is -2.18. The van der Waals surface area contributed by atoms with E-state index in [0.29, 0.717) is 21.7 Å². The van der Waals surface area contributed by atoms with Gasteiger partial charge in [0.2, 0.25) is 0 Å². The van der Waals surface area contributed by atoms with Crippen LogP contribution in [0.25, 0.3) is 6.08 Å². The lowest BCUT2D eigenvalue weighted by Gasteiger charge is -2.13. The molecule has 1 aliphatic heterocycles. The molecular formula is C22H18ClNO6. The summed E-state index contributed by atoms with van der Waals surface area (Å²) in [6.45, 7) is -0.460. The normalized spacial score (nSPS) is 13.4. The lowest BCUT2D eigenvalue weighted by molar-refractivity contribution is -0.138. The second-order valence-corrected chi connectivity index (χ2v) is 6.82. The Bertz CT molecular complexity index is 993. The van der Waals surface area contributed by atoms with Gasteiger partial charge in [0.15, 0.2) is 5.78 Å². The van der Waals surface area contributed by atoms with Crippen LogP contribution in [0.1, 0.15) is 26.3 Å². The topological polar surface area (TPSA) is 90.0 Å². The van der Waals surface area contributed by atoms with Crippen LogP contribution in [0, 0.1) is 0 Å². The summed E-state index contributed by atoms with van der Waals surface area (Å²) < 4.78 is 9.99. The third-order valence-corrected chi connectivity index (χ3v) is 4.71. The summed E-state index contributed by atoms with van der Waals surface area (Å²) in [5.41, 5.74) is 1.11. The molecule has 0 radical (unpaired) electrons. The van der Waals surface area contributed by atoms with Crippen LogP contribution < -0.4 is 0 Å². The number of rotatable bonds is 8. The number of hydrogen-bond acceptors (Lipinski definition) is 6. The second-order valence-electron chi connectivity index (χ2n) is 6.38. The maximum absolute atomic E-state index is 12.5. The van der Waals surface area contributed by atoms with E-state index in [9.17, 15) is 19.2 Å². The number of fused-ring (bicyclic) bond motifs is 1. The first kappa shape index (κ1) is 21.4. The van der Waals surface area contributed by atoms with E-state index in [1.807, 2.05) is 0 Å². The summed E-state index contributed by atoms with van der Waals surface area (Å²) in [5, 5.41) is 0.523. The number of imide groups is 1. The minimum Gasteiger partial charge on any atom is -0.465 e. The maximum atomic E-state index is 12.5. The molecule has 7 nitrogen and oxygen atoms in total. The zero-order chi connectivity index (χ0) is 21.7. The van der Waals surface area contributed by atoms with Crippen LogP contribution in [-0.2, 0) is 19.1 Å². The van der Waals surface area contributed by atoms with Crippen LogP contribution in [0.3, 0.4) is 0 Å². The molecule has 154 valence electrons. The number of esters is 1. The second kappa shape index (κ2) is 9.47. The molecule has 0 saturated heterocycles. The number of amides is 2. The van der Waals surface area contributed by atoms with Crippen molar-refractivity contribution in [2.75, 3.05) is 26.9 Å². The molecular weight excluding hydrogens is 410 g/mol. The number of methoxy groups -OCH3 is 1. The molecule has 0 fully saturated rings. The van der Waals surface area contributed by atoms with E-state index >= 15 is 0 Å².